The smallest absolute Gasteiger partial charge is 0.322 e. The van der Waals surface area contributed by atoms with Gasteiger partial charge in [-0.25, -0.2) is 8.42 Å². The number of amides is 1. The number of hydrogen-bond donors (Lipinski definition) is 1. The van der Waals surface area contributed by atoms with E-state index in [1.54, 1.807) is 38.1 Å². The first-order chi connectivity index (χ1) is 13.9. The van der Waals surface area contributed by atoms with Gasteiger partial charge in [-0.2, -0.15) is 0 Å². The summed E-state index contributed by atoms with van der Waals surface area (Å²) in [5.74, 6) is 0.534. The van der Waals surface area contributed by atoms with Gasteiger partial charge in [0.05, 0.1) is 23.2 Å². The van der Waals surface area contributed by atoms with Crippen LogP contribution < -0.4 is 10.1 Å². The summed E-state index contributed by atoms with van der Waals surface area (Å²) < 4.78 is 35.2. The van der Waals surface area contributed by atoms with E-state index in [2.05, 4.69) is 15.5 Å². The first-order valence-corrected chi connectivity index (χ1v) is 10.6. The zero-order valence-corrected chi connectivity index (χ0v) is 16.8. The molecule has 3 rings (SSSR count). The number of nitrogens with one attached hydrogen (secondary N) is 1. The molecule has 0 saturated heterocycles. The molecule has 29 heavy (non-hydrogen) atoms. The fourth-order valence-corrected chi connectivity index (χ4v) is 3.47. The highest BCUT2D eigenvalue weighted by Crippen LogP contribution is 2.23. The molecule has 0 aliphatic carbocycles. The van der Waals surface area contributed by atoms with Gasteiger partial charge in [0.1, 0.15) is 5.75 Å². The van der Waals surface area contributed by atoms with Gasteiger partial charge in [-0.3, -0.25) is 10.1 Å². The molecule has 1 amide bonds. The average molecular weight is 415 g/mol. The summed E-state index contributed by atoms with van der Waals surface area (Å²) in [6.45, 7) is 3.46. The Morgan fingerprint density at radius 1 is 1.07 bits per heavy atom. The van der Waals surface area contributed by atoms with Gasteiger partial charge >= 0.3 is 6.01 Å². The molecule has 0 aliphatic rings. The number of sulfone groups is 1. The molecule has 0 atom stereocenters. The molecule has 8 nitrogen and oxygen atoms in total. The van der Waals surface area contributed by atoms with Crippen molar-refractivity contribution in [2.75, 3.05) is 11.9 Å². The van der Waals surface area contributed by atoms with Gasteiger partial charge in [-0.1, -0.05) is 23.3 Å². The maximum absolute atomic E-state index is 12.2. The summed E-state index contributed by atoms with van der Waals surface area (Å²) in [6.07, 6.45) is 0.119. The maximum Gasteiger partial charge on any atom is 0.322 e. The Balaban J connectivity index is 1.57. The number of carbonyl (C=O) groups is 1. The number of rotatable bonds is 8. The van der Waals surface area contributed by atoms with Gasteiger partial charge in [0.2, 0.25) is 11.8 Å². The van der Waals surface area contributed by atoms with Gasteiger partial charge in [-0.05, 0) is 50.2 Å². The SMILES string of the molecule is CC(C)S(=O)(=O)c1ccc(-c2nnc(NC(=O)CCOc3ccccc3)o2)cc1. The van der Waals surface area contributed by atoms with Crippen LogP contribution >= 0.6 is 0 Å². The number of anilines is 1. The Morgan fingerprint density at radius 3 is 2.41 bits per heavy atom. The number of nitrogens with zero attached hydrogens (tertiary/aromatic N) is 2. The summed E-state index contributed by atoms with van der Waals surface area (Å²) in [4.78, 5) is 12.2. The lowest BCUT2D eigenvalue weighted by molar-refractivity contribution is -0.116. The van der Waals surface area contributed by atoms with Crippen molar-refractivity contribution < 1.29 is 22.4 Å². The van der Waals surface area contributed by atoms with E-state index in [0.717, 1.165) is 0 Å². The molecule has 0 saturated carbocycles. The fourth-order valence-electron chi connectivity index (χ4n) is 2.41. The molecule has 0 bridgehead atoms. The maximum atomic E-state index is 12.2. The van der Waals surface area contributed by atoms with Crippen LogP contribution in [-0.4, -0.2) is 36.4 Å². The normalized spacial score (nSPS) is 11.4. The van der Waals surface area contributed by atoms with Crippen LogP contribution in [-0.2, 0) is 14.6 Å². The second-order valence-electron chi connectivity index (χ2n) is 6.49. The fraction of sp³-hybridized carbons (Fsp3) is 0.250. The largest absolute Gasteiger partial charge is 0.493 e. The molecule has 2 aromatic carbocycles. The summed E-state index contributed by atoms with van der Waals surface area (Å²) in [6, 6.07) is 15.3. The van der Waals surface area contributed by atoms with E-state index >= 15 is 0 Å². The third-order valence-corrected chi connectivity index (χ3v) is 6.23. The van der Waals surface area contributed by atoms with Crippen LogP contribution in [0.25, 0.3) is 11.5 Å². The van der Waals surface area contributed by atoms with Gasteiger partial charge in [0.15, 0.2) is 9.84 Å². The Labute approximate surface area is 168 Å². The van der Waals surface area contributed by atoms with Crippen molar-refractivity contribution in [3.05, 3.63) is 54.6 Å². The zero-order chi connectivity index (χ0) is 20.9. The van der Waals surface area contributed by atoms with Crippen LogP contribution in [0.3, 0.4) is 0 Å². The molecule has 152 valence electrons. The van der Waals surface area contributed by atoms with Crippen LogP contribution in [0.15, 0.2) is 63.9 Å². The third kappa shape index (κ3) is 5.20. The number of benzene rings is 2. The van der Waals surface area contributed by atoms with E-state index in [4.69, 9.17) is 9.15 Å². The number of aromatic nitrogens is 2. The van der Waals surface area contributed by atoms with Crippen molar-refractivity contribution in [2.24, 2.45) is 0 Å². The lowest BCUT2D eigenvalue weighted by Crippen LogP contribution is -2.15. The molecule has 1 heterocycles. The second-order valence-corrected chi connectivity index (χ2v) is 8.99. The van der Waals surface area contributed by atoms with Crippen molar-refractivity contribution in [2.45, 2.75) is 30.4 Å². The van der Waals surface area contributed by atoms with Crippen molar-refractivity contribution in [1.82, 2.24) is 10.2 Å². The highest BCUT2D eigenvalue weighted by molar-refractivity contribution is 7.92. The van der Waals surface area contributed by atoms with E-state index in [9.17, 15) is 13.2 Å². The standard InChI is InChI=1S/C20H21N3O5S/c1-14(2)29(25,26)17-10-8-15(9-11-17)19-22-23-20(28-19)21-18(24)12-13-27-16-6-4-3-5-7-16/h3-11,14H,12-13H2,1-2H3,(H,21,23,24). The van der Waals surface area contributed by atoms with Gasteiger partial charge in [-0.15, -0.1) is 5.10 Å². The second kappa shape index (κ2) is 8.87. The van der Waals surface area contributed by atoms with Gasteiger partial charge < -0.3 is 9.15 Å². The Morgan fingerprint density at radius 2 is 1.76 bits per heavy atom. The third-order valence-electron chi connectivity index (χ3n) is 4.06. The minimum absolute atomic E-state index is 0.0383. The molecule has 0 fully saturated rings. The topological polar surface area (TPSA) is 111 Å². The molecule has 3 aromatic rings. The van der Waals surface area contributed by atoms with Gasteiger partial charge in [0, 0.05) is 5.56 Å². The van der Waals surface area contributed by atoms with Gasteiger partial charge in [0.25, 0.3) is 0 Å². The lowest BCUT2D eigenvalue weighted by Gasteiger charge is -2.07. The first kappa shape index (κ1) is 20.5. The first-order valence-electron chi connectivity index (χ1n) is 9.02. The zero-order valence-electron chi connectivity index (χ0n) is 16.0. The molecule has 1 aromatic heterocycles. The van der Waals surface area contributed by atoms with Crippen molar-refractivity contribution in [3.63, 3.8) is 0 Å². The molecule has 9 heteroatoms. The summed E-state index contributed by atoms with van der Waals surface area (Å²) in [5, 5.41) is 9.68. The van der Waals surface area contributed by atoms with Crippen LogP contribution in [0.4, 0.5) is 6.01 Å². The highest BCUT2D eigenvalue weighted by atomic mass is 32.2. The molecule has 0 unspecified atom stereocenters. The summed E-state index contributed by atoms with van der Waals surface area (Å²) in [7, 11) is -3.35. The average Bonchev–Trinajstić information content (AvgIpc) is 3.17. The molecular formula is C20H21N3O5S. The minimum atomic E-state index is -3.35. The number of para-hydroxylation sites is 1. The number of carbonyl (C=O) groups excluding carboxylic acids is 1. The van der Waals surface area contributed by atoms with E-state index in [0.29, 0.717) is 11.3 Å². The summed E-state index contributed by atoms with van der Waals surface area (Å²) >= 11 is 0. The van der Waals surface area contributed by atoms with Crippen LogP contribution in [0.5, 0.6) is 5.75 Å². The Hall–Kier alpha value is -3.20. The summed E-state index contributed by atoms with van der Waals surface area (Å²) in [5.41, 5.74) is 0.549. The monoisotopic (exact) mass is 415 g/mol. The lowest BCUT2D eigenvalue weighted by atomic mass is 10.2. The van der Waals surface area contributed by atoms with Crippen molar-refractivity contribution in [1.29, 1.82) is 0 Å². The predicted octanol–water partition coefficient (Wildman–Crippen LogP) is 3.33. The van der Waals surface area contributed by atoms with Crippen LogP contribution in [0.1, 0.15) is 20.3 Å². The number of hydrogen-bond acceptors (Lipinski definition) is 7. The minimum Gasteiger partial charge on any atom is -0.493 e. The molecule has 0 aliphatic heterocycles. The van der Waals surface area contributed by atoms with E-state index in [1.165, 1.54) is 12.1 Å². The molecule has 0 radical (unpaired) electrons. The van der Waals surface area contributed by atoms with E-state index in [1.807, 2.05) is 18.2 Å². The van der Waals surface area contributed by atoms with Crippen molar-refractivity contribution >= 4 is 21.8 Å². The van der Waals surface area contributed by atoms with Crippen LogP contribution in [0, 0.1) is 0 Å². The van der Waals surface area contributed by atoms with Crippen molar-refractivity contribution in [3.8, 4) is 17.2 Å². The Kier molecular flexibility index (Phi) is 6.28. The molecule has 1 N–H and O–H groups in total. The van der Waals surface area contributed by atoms with E-state index < -0.39 is 15.1 Å². The van der Waals surface area contributed by atoms with Crippen LogP contribution in [0.2, 0.25) is 0 Å². The highest BCUT2D eigenvalue weighted by Gasteiger charge is 2.19. The predicted molar refractivity (Wildman–Crippen MR) is 107 cm³/mol. The quantitative estimate of drug-likeness (QED) is 0.600. The molecule has 0 spiro atoms. The molecular weight excluding hydrogens is 394 g/mol. The van der Waals surface area contributed by atoms with E-state index in [-0.39, 0.29) is 35.7 Å². The Bertz CT molecular complexity index is 1060. The number of ether oxygens (including phenoxy) is 1.